The van der Waals surface area contributed by atoms with E-state index in [1.165, 1.54) is 0 Å². The third-order valence-electron chi connectivity index (χ3n) is 10.3. The van der Waals surface area contributed by atoms with Crippen molar-refractivity contribution < 1.29 is 23.4 Å². The number of nitrogens with one attached hydrogen (secondary N) is 1. The third kappa shape index (κ3) is 5.10. The van der Waals surface area contributed by atoms with Gasteiger partial charge in [-0.05, 0) is 56.7 Å². The fraction of sp³-hybridized carbons (Fsp3) is 0.562. The molecule has 3 saturated heterocycles. The van der Waals surface area contributed by atoms with Crippen molar-refractivity contribution in [2.45, 2.75) is 62.8 Å². The van der Waals surface area contributed by atoms with Gasteiger partial charge in [-0.25, -0.2) is 8.78 Å². The van der Waals surface area contributed by atoms with Crippen LogP contribution in [-0.4, -0.2) is 99.0 Å². The first-order valence-electron chi connectivity index (χ1n) is 15.9. The molecule has 0 aliphatic carbocycles. The van der Waals surface area contributed by atoms with Gasteiger partial charge in [0, 0.05) is 60.7 Å². The molecule has 238 valence electrons. The molecule has 0 unspecified atom stereocenters. The lowest BCUT2D eigenvalue weighted by Crippen LogP contribution is -2.43. The second-order valence-electron chi connectivity index (χ2n) is 13.0. The molecular formula is C32H36ClF2N7O3. The van der Waals surface area contributed by atoms with Gasteiger partial charge < -0.3 is 19.5 Å². The summed E-state index contributed by atoms with van der Waals surface area (Å²) in [5.74, 6) is -0.0975. The standard InChI is InChI=1S/C32H36ClF2N7O3/c33-23-11-24-21(14-37-40-24)26-20(23)4-9-44-10-5-25(43)18-3-1-7-41(15-18)30-22-13-36-29(26)27(35)28(22)38-31(39-30)45-17-32-6-2-8-42(32)16-19(34)12-32/h11,13-14,18-19,25,43H,1-10,12,15-17H2,(H,37,40)/t18-,19-,25-,32+/m1/s1. The maximum Gasteiger partial charge on any atom is 0.319 e. The van der Waals surface area contributed by atoms with Crippen molar-refractivity contribution in [2.24, 2.45) is 5.92 Å². The summed E-state index contributed by atoms with van der Waals surface area (Å²) in [5.41, 5.74) is 1.67. The van der Waals surface area contributed by atoms with Gasteiger partial charge in [0.2, 0.25) is 0 Å². The summed E-state index contributed by atoms with van der Waals surface area (Å²) in [5, 5.41) is 19.9. The maximum atomic E-state index is 16.9. The molecule has 9 rings (SSSR count). The number of hydrogen-bond acceptors (Lipinski definition) is 9. The largest absolute Gasteiger partial charge is 0.461 e. The van der Waals surface area contributed by atoms with E-state index in [1.807, 2.05) is 0 Å². The summed E-state index contributed by atoms with van der Waals surface area (Å²) in [6.45, 7) is 3.45. The molecule has 0 saturated carbocycles. The molecule has 4 atom stereocenters. The zero-order valence-electron chi connectivity index (χ0n) is 24.9. The smallest absolute Gasteiger partial charge is 0.319 e. The minimum absolute atomic E-state index is 0.00261. The highest BCUT2D eigenvalue weighted by atomic mass is 35.5. The second-order valence-corrected chi connectivity index (χ2v) is 13.4. The molecule has 13 heteroatoms. The normalized spacial score (nSPS) is 27.5. The van der Waals surface area contributed by atoms with E-state index in [9.17, 15) is 9.50 Å². The zero-order valence-corrected chi connectivity index (χ0v) is 25.7. The number of H-pyrrole nitrogens is 1. The Bertz CT molecular complexity index is 1760. The third-order valence-corrected chi connectivity index (χ3v) is 10.6. The molecule has 0 amide bonds. The van der Waals surface area contributed by atoms with Crippen molar-refractivity contribution in [3.8, 4) is 17.3 Å². The number of benzene rings is 1. The SMILES string of the molecule is O[C@@H]1CCOCCc2c(Cl)cc3[nH]ncc3c2-c2ncc3c(nc(OC[C@@]45CCCN4C[C@H](F)C5)nc3c2F)N2CCC[C@@H]1C2. The molecule has 4 aromatic rings. The lowest BCUT2D eigenvalue weighted by Gasteiger charge is -2.36. The molecule has 8 heterocycles. The summed E-state index contributed by atoms with van der Waals surface area (Å²) in [7, 11) is 0. The van der Waals surface area contributed by atoms with Crippen molar-refractivity contribution in [3.05, 3.63) is 34.9 Å². The Labute approximate surface area is 264 Å². The van der Waals surface area contributed by atoms with Gasteiger partial charge in [-0.1, -0.05) is 11.6 Å². The van der Waals surface area contributed by atoms with Gasteiger partial charge in [-0.2, -0.15) is 15.1 Å². The molecule has 45 heavy (non-hydrogen) atoms. The summed E-state index contributed by atoms with van der Waals surface area (Å²) in [6, 6.07) is 1.83. The van der Waals surface area contributed by atoms with Crippen LogP contribution in [0.3, 0.4) is 0 Å². The highest BCUT2D eigenvalue weighted by molar-refractivity contribution is 6.33. The first kappa shape index (κ1) is 29.2. The molecule has 5 aliphatic rings. The first-order valence-corrected chi connectivity index (χ1v) is 16.3. The molecular weight excluding hydrogens is 604 g/mol. The van der Waals surface area contributed by atoms with Gasteiger partial charge in [0.05, 0.1) is 35.3 Å². The minimum Gasteiger partial charge on any atom is -0.461 e. The summed E-state index contributed by atoms with van der Waals surface area (Å²) in [6.07, 6.45) is 6.67. The number of pyridine rings is 1. The number of anilines is 1. The number of fused-ring (bicyclic) bond motifs is 8. The number of ether oxygens (including phenoxy) is 2. The van der Waals surface area contributed by atoms with Crippen LogP contribution in [0.1, 0.15) is 44.1 Å². The number of aliphatic hydroxyl groups excluding tert-OH is 1. The highest BCUT2D eigenvalue weighted by Gasteiger charge is 2.49. The van der Waals surface area contributed by atoms with Crippen LogP contribution >= 0.6 is 11.6 Å². The number of nitrogens with zero attached hydrogens (tertiary/aromatic N) is 6. The Morgan fingerprint density at radius 3 is 2.96 bits per heavy atom. The molecule has 3 fully saturated rings. The van der Waals surface area contributed by atoms with Crippen LogP contribution in [0.5, 0.6) is 6.01 Å². The number of aromatic amines is 1. The number of piperidine rings is 1. The topological polar surface area (TPSA) is 113 Å². The van der Waals surface area contributed by atoms with E-state index in [2.05, 4.69) is 30.0 Å². The number of hydrogen-bond donors (Lipinski definition) is 2. The minimum atomic E-state index is -0.895. The monoisotopic (exact) mass is 639 g/mol. The van der Waals surface area contributed by atoms with Crippen molar-refractivity contribution in [1.82, 2.24) is 30.0 Å². The second kappa shape index (κ2) is 11.6. The van der Waals surface area contributed by atoms with E-state index >= 15 is 4.39 Å². The van der Waals surface area contributed by atoms with E-state index in [4.69, 9.17) is 26.1 Å². The van der Waals surface area contributed by atoms with Gasteiger partial charge in [0.15, 0.2) is 5.82 Å². The quantitative estimate of drug-likeness (QED) is 0.325. The van der Waals surface area contributed by atoms with Gasteiger partial charge in [-0.3, -0.25) is 15.0 Å². The highest BCUT2D eigenvalue weighted by Crippen LogP contribution is 2.42. The van der Waals surface area contributed by atoms with Crippen LogP contribution in [-0.2, 0) is 11.2 Å². The Hall–Kier alpha value is -3.19. The van der Waals surface area contributed by atoms with E-state index in [1.54, 1.807) is 18.5 Å². The van der Waals surface area contributed by atoms with Gasteiger partial charge in [-0.15, -0.1) is 0 Å². The molecule has 1 aromatic carbocycles. The number of halogens is 3. The van der Waals surface area contributed by atoms with Crippen LogP contribution in [0, 0.1) is 11.7 Å². The Kier molecular flexibility index (Phi) is 7.51. The van der Waals surface area contributed by atoms with Crippen LogP contribution in [0.2, 0.25) is 5.02 Å². The summed E-state index contributed by atoms with van der Waals surface area (Å²) >= 11 is 6.78. The molecule has 6 bridgehead atoms. The average molecular weight is 640 g/mol. The van der Waals surface area contributed by atoms with E-state index < -0.39 is 23.6 Å². The van der Waals surface area contributed by atoms with E-state index in [-0.39, 0.29) is 29.7 Å². The predicted octanol–water partition coefficient (Wildman–Crippen LogP) is 4.86. The van der Waals surface area contributed by atoms with Crippen LogP contribution in [0.25, 0.3) is 33.1 Å². The molecule has 0 spiro atoms. The van der Waals surface area contributed by atoms with Crippen LogP contribution in [0.15, 0.2) is 18.5 Å². The van der Waals surface area contributed by atoms with Crippen molar-refractivity contribution in [1.29, 1.82) is 0 Å². The first-order chi connectivity index (χ1) is 21.9. The number of aromatic nitrogens is 5. The van der Waals surface area contributed by atoms with Crippen molar-refractivity contribution in [2.75, 3.05) is 50.9 Å². The molecule has 3 aromatic heterocycles. The zero-order chi connectivity index (χ0) is 30.7. The van der Waals surface area contributed by atoms with Crippen molar-refractivity contribution >= 4 is 39.2 Å². The van der Waals surface area contributed by atoms with Crippen LogP contribution < -0.4 is 9.64 Å². The van der Waals surface area contributed by atoms with Crippen molar-refractivity contribution in [3.63, 3.8) is 0 Å². The average Bonchev–Trinajstić information content (AvgIpc) is 3.74. The number of alkyl halides is 1. The fourth-order valence-corrected chi connectivity index (χ4v) is 8.30. The van der Waals surface area contributed by atoms with Gasteiger partial charge >= 0.3 is 6.01 Å². The molecule has 0 radical (unpaired) electrons. The molecule has 2 N–H and O–H groups in total. The molecule has 10 nitrogen and oxygen atoms in total. The van der Waals surface area contributed by atoms with E-state index in [0.29, 0.717) is 90.4 Å². The lowest BCUT2D eigenvalue weighted by atomic mass is 9.90. The number of aliphatic hydroxyl groups is 1. The van der Waals surface area contributed by atoms with Crippen LogP contribution in [0.4, 0.5) is 14.6 Å². The predicted molar refractivity (Wildman–Crippen MR) is 166 cm³/mol. The summed E-state index contributed by atoms with van der Waals surface area (Å²) in [4.78, 5) is 18.4. The Morgan fingerprint density at radius 1 is 1.13 bits per heavy atom. The Balaban J connectivity index is 1.29. The lowest BCUT2D eigenvalue weighted by molar-refractivity contribution is 0.0468. The van der Waals surface area contributed by atoms with E-state index in [0.717, 1.165) is 32.2 Å². The summed E-state index contributed by atoms with van der Waals surface area (Å²) < 4.78 is 43.7. The molecule has 5 aliphatic heterocycles. The van der Waals surface area contributed by atoms with Gasteiger partial charge in [0.25, 0.3) is 0 Å². The fourth-order valence-electron chi connectivity index (χ4n) is 8.00. The maximum absolute atomic E-state index is 16.9. The van der Waals surface area contributed by atoms with Gasteiger partial charge in [0.1, 0.15) is 29.8 Å². The Morgan fingerprint density at radius 2 is 2.04 bits per heavy atom. The number of rotatable bonds is 3.